The van der Waals surface area contributed by atoms with Crippen molar-refractivity contribution in [3.63, 3.8) is 0 Å². The van der Waals surface area contributed by atoms with E-state index in [4.69, 9.17) is 9.47 Å². The topological polar surface area (TPSA) is 38.7 Å². The summed E-state index contributed by atoms with van der Waals surface area (Å²) in [5.74, 6) is 0.525. The molecule has 2 atom stereocenters. The van der Waals surface area contributed by atoms with Crippen LogP contribution in [0.1, 0.15) is 41.5 Å². The summed E-state index contributed by atoms with van der Waals surface area (Å²) in [5, 5.41) is 9.62. The molecule has 0 aliphatic rings. The Hall–Kier alpha value is -0.120. The fourth-order valence-corrected chi connectivity index (χ4v) is 0.855. The van der Waals surface area contributed by atoms with Crippen LogP contribution in [0.25, 0.3) is 0 Å². The fraction of sp³-hybridized carbons (Fsp3) is 1.00. The molecular weight excluding hydrogens is 192 g/mol. The van der Waals surface area contributed by atoms with Gasteiger partial charge in [0.05, 0.1) is 31.0 Å². The average Bonchev–Trinajstić information content (AvgIpc) is 2.09. The van der Waals surface area contributed by atoms with Gasteiger partial charge in [0.25, 0.3) is 0 Å². The van der Waals surface area contributed by atoms with Crippen LogP contribution in [0.2, 0.25) is 0 Å². The van der Waals surface area contributed by atoms with Crippen molar-refractivity contribution in [2.45, 2.75) is 59.4 Å². The first-order valence-electron chi connectivity index (χ1n) is 5.70. The van der Waals surface area contributed by atoms with E-state index in [2.05, 4.69) is 20.8 Å². The van der Waals surface area contributed by atoms with E-state index in [-0.39, 0.29) is 12.2 Å². The molecule has 15 heavy (non-hydrogen) atoms. The maximum atomic E-state index is 9.62. The van der Waals surface area contributed by atoms with E-state index in [0.717, 1.165) is 0 Å². The van der Waals surface area contributed by atoms with Crippen molar-refractivity contribution in [2.24, 2.45) is 5.92 Å². The second-order valence-corrected chi connectivity index (χ2v) is 4.99. The molecule has 0 aromatic carbocycles. The predicted octanol–water partition coefficient (Wildman–Crippen LogP) is 2.22. The molecule has 1 N–H and O–H groups in total. The first-order chi connectivity index (χ1) is 6.75. The van der Waals surface area contributed by atoms with Crippen molar-refractivity contribution in [3.8, 4) is 0 Å². The van der Waals surface area contributed by atoms with Crippen molar-refractivity contribution in [3.05, 3.63) is 0 Å². The molecule has 92 valence electrons. The summed E-state index contributed by atoms with van der Waals surface area (Å²) in [6.45, 7) is 12.8. The Bertz CT molecular complexity index is 161. The van der Waals surface area contributed by atoms with Crippen LogP contribution in [0, 0.1) is 5.92 Å². The van der Waals surface area contributed by atoms with Crippen molar-refractivity contribution in [2.75, 3.05) is 13.2 Å². The monoisotopic (exact) mass is 218 g/mol. The van der Waals surface area contributed by atoms with Gasteiger partial charge in [0.1, 0.15) is 0 Å². The zero-order valence-electron chi connectivity index (χ0n) is 10.9. The van der Waals surface area contributed by atoms with Gasteiger partial charge in [-0.2, -0.15) is 0 Å². The molecule has 0 saturated heterocycles. The third-order valence-electron chi connectivity index (χ3n) is 2.77. The van der Waals surface area contributed by atoms with E-state index in [9.17, 15) is 5.11 Å². The highest BCUT2D eigenvalue weighted by Gasteiger charge is 2.22. The van der Waals surface area contributed by atoms with E-state index in [1.165, 1.54) is 0 Å². The molecule has 0 bridgehead atoms. The minimum Gasteiger partial charge on any atom is -0.388 e. The number of hydrogen-bond donors (Lipinski definition) is 1. The van der Waals surface area contributed by atoms with Crippen molar-refractivity contribution >= 4 is 0 Å². The molecule has 0 aromatic rings. The molecule has 3 nitrogen and oxygen atoms in total. The second kappa shape index (κ2) is 6.46. The van der Waals surface area contributed by atoms with Gasteiger partial charge in [0.2, 0.25) is 0 Å². The Morgan fingerprint density at radius 3 is 1.87 bits per heavy atom. The molecule has 0 heterocycles. The molecule has 0 spiro atoms. The Morgan fingerprint density at radius 2 is 1.47 bits per heavy atom. The Kier molecular flexibility index (Phi) is 6.41. The lowest BCUT2D eigenvalue weighted by molar-refractivity contribution is -0.0971. The molecular formula is C12H26O3. The molecule has 0 aromatic heterocycles. The van der Waals surface area contributed by atoms with Crippen LogP contribution in [0.3, 0.4) is 0 Å². The van der Waals surface area contributed by atoms with Gasteiger partial charge in [0.15, 0.2) is 0 Å². The van der Waals surface area contributed by atoms with Crippen LogP contribution in [0.5, 0.6) is 0 Å². The van der Waals surface area contributed by atoms with Crippen molar-refractivity contribution in [1.82, 2.24) is 0 Å². The molecule has 0 aliphatic heterocycles. The molecule has 0 saturated carbocycles. The van der Waals surface area contributed by atoms with E-state index < -0.39 is 5.60 Å². The normalized spacial score (nSPS) is 16.8. The number of ether oxygens (including phenoxy) is 2. The van der Waals surface area contributed by atoms with Crippen LogP contribution in [-0.2, 0) is 9.47 Å². The lowest BCUT2D eigenvalue weighted by atomic mass is 10.0. The van der Waals surface area contributed by atoms with Crippen molar-refractivity contribution < 1.29 is 14.6 Å². The summed E-state index contributed by atoms with van der Waals surface area (Å²) in [5.41, 5.74) is -0.788. The van der Waals surface area contributed by atoms with Gasteiger partial charge >= 0.3 is 0 Å². The minimum atomic E-state index is -0.788. The van der Waals surface area contributed by atoms with Crippen molar-refractivity contribution in [1.29, 1.82) is 0 Å². The highest BCUT2D eigenvalue weighted by molar-refractivity contribution is 4.73. The zero-order valence-corrected chi connectivity index (χ0v) is 10.9. The van der Waals surface area contributed by atoms with Gasteiger partial charge in [-0.3, -0.25) is 0 Å². The Labute approximate surface area is 93.8 Å². The summed E-state index contributed by atoms with van der Waals surface area (Å²) in [4.78, 5) is 0. The van der Waals surface area contributed by atoms with Crippen LogP contribution < -0.4 is 0 Å². The maximum Gasteiger partial charge on any atom is 0.0849 e. The third kappa shape index (κ3) is 6.88. The molecule has 0 rings (SSSR count). The number of aliphatic hydroxyl groups is 1. The summed E-state index contributed by atoms with van der Waals surface area (Å²) in [6, 6.07) is 0. The van der Waals surface area contributed by atoms with E-state index in [1.807, 2.05) is 6.92 Å². The number of hydrogen-bond acceptors (Lipinski definition) is 3. The SMILES string of the molecule is CC(C)C(C)OCCOC(C)C(C)(C)O. The van der Waals surface area contributed by atoms with Gasteiger partial charge in [-0.25, -0.2) is 0 Å². The summed E-state index contributed by atoms with van der Waals surface area (Å²) < 4.78 is 11.0. The van der Waals surface area contributed by atoms with E-state index in [0.29, 0.717) is 19.1 Å². The van der Waals surface area contributed by atoms with Crippen LogP contribution in [-0.4, -0.2) is 36.1 Å². The lowest BCUT2D eigenvalue weighted by Gasteiger charge is -2.26. The second-order valence-electron chi connectivity index (χ2n) is 4.99. The Balaban J connectivity index is 3.55. The third-order valence-corrected chi connectivity index (χ3v) is 2.77. The summed E-state index contributed by atoms with van der Waals surface area (Å²) in [6.07, 6.45) is 0.0847. The van der Waals surface area contributed by atoms with E-state index >= 15 is 0 Å². The molecule has 0 amide bonds. The molecule has 0 aliphatic carbocycles. The van der Waals surface area contributed by atoms with E-state index in [1.54, 1.807) is 13.8 Å². The quantitative estimate of drug-likeness (QED) is 0.666. The minimum absolute atomic E-state index is 0.171. The van der Waals surface area contributed by atoms with Gasteiger partial charge < -0.3 is 14.6 Å². The van der Waals surface area contributed by atoms with Crippen LogP contribution in [0.4, 0.5) is 0 Å². The molecule has 0 fully saturated rings. The largest absolute Gasteiger partial charge is 0.388 e. The lowest BCUT2D eigenvalue weighted by Crippen LogP contribution is -2.36. The van der Waals surface area contributed by atoms with Gasteiger partial charge in [-0.05, 0) is 33.6 Å². The Morgan fingerprint density at radius 1 is 1.00 bits per heavy atom. The smallest absolute Gasteiger partial charge is 0.0849 e. The highest BCUT2D eigenvalue weighted by atomic mass is 16.5. The van der Waals surface area contributed by atoms with Gasteiger partial charge in [-0.1, -0.05) is 13.8 Å². The first-order valence-corrected chi connectivity index (χ1v) is 5.70. The zero-order chi connectivity index (χ0) is 12.1. The van der Waals surface area contributed by atoms with Crippen LogP contribution >= 0.6 is 0 Å². The molecule has 0 radical (unpaired) electrons. The van der Waals surface area contributed by atoms with Gasteiger partial charge in [-0.15, -0.1) is 0 Å². The number of rotatable bonds is 7. The van der Waals surface area contributed by atoms with Crippen LogP contribution in [0.15, 0.2) is 0 Å². The molecule has 3 heteroatoms. The highest BCUT2D eigenvalue weighted by Crippen LogP contribution is 2.11. The molecule has 2 unspecified atom stereocenters. The summed E-state index contributed by atoms with van der Waals surface area (Å²) >= 11 is 0. The van der Waals surface area contributed by atoms with Gasteiger partial charge in [0, 0.05) is 0 Å². The standard InChI is InChI=1S/C12H26O3/c1-9(2)10(3)14-7-8-15-11(4)12(5,6)13/h9-11,13H,7-8H2,1-6H3. The maximum absolute atomic E-state index is 9.62. The average molecular weight is 218 g/mol. The fourth-order valence-electron chi connectivity index (χ4n) is 0.855. The summed E-state index contributed by atoms with van der Waals surface area (Å²) in [7, 11) is 0. The predicted molar refractivity (Wildman–Crippen MR) is 62.0 cm³/mol. The first kappa shape index (κ1) is 14.9.